The second-order valence-electron chi connectivity index (χ2n) is 5.37. The van der Waals surface area contributed by atoms with Crippen LogP contribution in [0.3, 0.4) is 0 Å². The second kappa shape index (κ2) is 4.65. The summed E-state index contributed by atoms with van der Waals surface area (Å²) in [5, 5.41) is 10.9. The van der Waals surface area contributed by atoms with E-state index < -0.39 is 5.60 Å². The Morgan fingerprint density at radius 1 is 1.35 bits per heavy atom. The van der Waals surface area contributed by atoms with E-state index in [-0.39, 0.29) is 0 Å². The molecule has 0 aromatic carbocycles. The minimum Gasteiger partial charge on any atom is -0.385 e. The van der Waals surface area contributed by atoms with Crippen LogP contribution in [0, 0.1) is 12.8 Å². The number of aryl methyl sites for hydroxylation is 1. The number of aliphatic hydroxyl groups is 1. The van der Waals surface area contributed by atoms with Crippen molar-refractivity contribution in [3.63, 3.8) is 0 Å². The summed E-state index contributed by atoms with van der Waals surface area (Å²) in [5.41, 5.74) is 6.96. The Labute approximate surface area is 103 Å². The number of nitrogen functional groups attached to an aromatic ring is 1. The highest BCUT2D eigenvalue weighted by Crippen LogP contribution is 2.41. The molecule has 0 saturated heterocycles. The molecular formula is C14H22N2O. The molecule has 3 heteroatoms. The van der Waals surface area contributed by atoms with E-state index in [4.69, 9.17) is 5.73 Å². The van der Waals surface area contributed by atoms with Gasteiger partial charge in [-0.2, -0.15) is 0 Å². The van der Waals surface area contributed by atoms with Gasteiger partial charge in [0.15, 0.2) is 0 Å². The van der Waals surface area contributed by atoms with Gasteiger partial charge in [-0.1, -0.05) is 19.3 Å². The fourth-order valence-corrected chi connectivity index (χ4v) is 3.11. The number of nitrogens with zero attached hydrogens (tertiary/aromatic N) is 1. The van der Waals surface area contributed by atoms with Crippen molar-refractivity contribution in [1.29, 1.82) is 0 Å². The molecule has 3 nitrogen and oxygen atoms in total. The number of aromatic nitrogens is 1. The first-order valence-corrected chi connectivity index (χ1v) is 6.47. The van der Waals surface area contributed by atoms with Crippen LogP contribution in [-0.2, 0) is 5.60 Å². The van der Waals surface area contributed by atoms with Crippen LogP contribution in [0.5, 0.6) is 0 Å². The molecule has 0 spiro atoms. The van der Waals surface area contributed by atoms with Crippen molar-refractivity contribution < 1.29 is 5.11 Å². The fourth-order valence-electron chi connectivity index (χ4n) is 3.11. The maximum atomic E-state index is 10.9. The molecule has 0 aliphatic heterocycles. The summed E-state index contributed by atoms with van der Waals surface area (Å²) in [7, 11) is 0. The number of nitrogens with two attached hydrogens (primary N) is 1. The molecule has 1 heterocycles. The number of hydrogen-bond donors (Lipinski definition) is 2. The van der Waals surface area contributed by atoms with Gasteiger partial charge in [0.1, 0.15) is 5.82 Å². The van der Waals surface area contributed by atoms with Crippen LogP contribution in [0.25, 0.3) is 0 Å². The fraction of sp³-hybridized carbons (Fsp3) is 0.643. The van der Waals surface area contributed by atoms with Gasteiger partial charge in [-0.05, 0) is 44.2 Å². The molecule has 1 unspecified atom stereocenters. The van der Waals surface area contributed by atoms with Crippen molar-refractivity contribution in [2.24, 2.45) is 5.92 Å². The molecule has 1 aliphatic carbocycles. The van der Waals surface area contributed by atoms with Gasteiger partial charge in [0, 0.05) is 11.8 Å². The van der Waals surface area contributed by atoms with Crippen LogP contribution in [0.1, 0.15) is 50.2 Å². The molecule has 1 saturated carbocycles. The second-order valence-corrected chi connectivity index (χ2v) is 5.37. The molecular weight excluding hydrogens is 212 g/mol. The molecule has 0 radical (unpaired) electrons. The third-order valence-corrected chi connectivity index (χ3v) is 4.09. The van der Waals surface area contributed by atoms with Crippen molar-refractivity contribution in [2.45, 2.75) is 51.6 Å². The minimum absolute atomic E-state index is 0.307. The Balaban J connectivity index is 2.36. The van der Waals surface area contributed by atoms with Crippen LogP contribution >= 0.6 is 0 Å². The Morgan fingerprint density at radius 2 is 2.00 bits per heavy atom. The number of pyridine rings is 1. The van der Waals surface area contributed by atoms with E-state index in [9.17, 15) is 5.11 Å². The van der Waals surface area contributed by atoms with Crippen molar-refractivity contribution in [3.05, 3.63) is 23.4 Å². The first-order valence-electron chi connectivity index (χ1n) is 6.47. The Kier molecular flexibility index (Phi) is 3.38. The summed E-state index contributed by atoms with van der Waals surface area (Å²) in [6, 6.07) is 1.92. The lowest BCUT2D eigenvalue weighted by Crippen LogP contribution is -2.35. The summed E-state index contributed by atoms with van der Waals surface area (Å²) >= 11 is 0. The quantitative estimate of drug-likeness (QED) is 0.827. The number of hydrogen-bond acceptors (Lipinski definition) is 3. The van der Waals surface area contributed by atoms with Crippen molar-refractivity contribution in [3.8, 4) is 0 Å². The van der Waals surface area contributed by atoms with Gasteiger partial charge in [0.2, 0.25) is 0 Å². The van der Waals surface area contributed by atoms with Gasteiger partial charge in [-0.3, -0.25) is 0 Å². The molecule has 1 aliphatic rings. The lowest BCUT2D eigenvalue weighted by molar-refractivity contribution is -0.0215. The summed E-state index contributed by atoms with van der Waals surface area (Å²) in [4.78, 5) is 4.12. The first kappa shape index (κ1) is 12.4. The van der Waals surface area contributed by atoms with Gasteiger partial charge in [-0.15, -0.1) is 0 Å². The highest BCUT2D eigenvalue weighted by Gasteiger charge is 2.37. The predicted molar refractivity (Wildman–Crippen MR) is 69.5 cm³/mol. The van der Waals surface area contributed by atoms with E-state index >= 15 is 0 Å². The largest absolute Gasteiger partial charge is 0.385 e. The van der Waals surface area contributed by atoms with Crippen LogP contribution in [0.2, 0.25) is 0 Å². The average Bonchev–Trinajstić information content (AvgIpc) is 2.29. The summed E-state index contributed by atoms with van der Waals surface area (Å²) in [6.07, 6.45) is 7.57. The zero-order valence-electron chi connectivity index (χ0n) is 10.7. The monoisotopic (exact) mass is 234 g/mol. The Morgan fingerprint density at radius 3 is 2.59 bits per heavy atom. The Hall–Kier alpha value is -1.09. The topological polar surface area (TPSA) is 59.1 Å². The van der Waals surface area contributed by atoms with Gasteiger partial charge >= 0.3 is 0 Å². The van der Waals surface area contributed by atoms with E-state index in [1.54, 1.807) is 6.20 Å². The summed E-state index contributed by atoms with van der Waals surface area (Å²) in [6.45, 7) is 3.88. The van der Waals surface area contributed by atoms with E-state index in [1.807, 2.05) is 19.9 Å². The zero-order valence-corrected chi connectivity index (χ0v) is 10.7. The highest BCUT2D eigenvalue weighted by atomic mass is 16.3. The SMILES string of the molecule is Cc1ccnc(N)c1C(C)(O)C1CCCCC1. The molecule has 1 atom stereocenters. The minimum atomic E-state index is -0.844. The zero-order chi connectivity index (χ0) is 12.5. The third-order valence-electron chi connectivity index (χ3n) is 4.09. The van der Waals surface area contributed by atoms with Gasteiger partial charge in [-0.25, -0.2) is 4.98 Å². The standard InChI is InChI=1S/C14H22N2O/c1-10-8-9-16-13(15)12(10)14(2,17)11-6-4-3-5-7-11/h8-9,11,17H,3-7H2,1-2H3,(H2,15,16). The lowest BCUT2D eigenvalue weighted by atomic mass is 9.73. The molecule has 2 rings (SSSR count). The molecule has 17 heavy (non-hydrogen) atoms. The molecule has 94 valence electrons. The van der Waals surface area contributed by atoms with Gasteiger partial charge in [0.25, 0.3) is 0 Å². The van der Waals surface area contributed by atoms with Crippen LogP contribution < -0.4 is 5.73 Å². The smallest absolute Gasteiger partial charge is 0.129 e. The predicted octanol–water partition coefficient (Wildman–Crippen LogP) is 2.76. The molecule has 0 amide bonds. The maximum absolute atomic E-state index is 10.9. The molecule has 0 bridgehead atoms. The van der Waals surface area contributed by atoms with Crippen molar-refractivity contribution >= 4 is 5.82 Å². The first-order chi connectivity index (χ1) is 8.03. The van der Waals surface area contributed by atoms with Crippen LogP contribution in [-0.4, -0.2) is 10.1 Å². The number of rotatable bonds is 2. The summed E-state index contributed by atoms with van der Waals surface area (Å²) < 4.78 is 0. The summed E-state index contributed by atoms with van der Waals surface area (Å²) in [5.74, 6) is 0.780. The van der Waals surface area contributed by atoms with Gasteiger partial charge in [0.05, 0.1) is 5.60 Å². The van der Waals surface area contributed by atoms with E-state index in [0.717, 1.165) is 24.0 Å². The normalized spacial score (nSPS) is 21.1. The van der Waals surface area contributed by atoms with Crippen LogP contribution in [0.15, 0.2) is 12.3 Å². The van der Waals surface area contributed by atoms with Gasteiger partial charge < -0.3 is 10.8 Å². The average molecular weight is 234 g/mol. The molecule has 1 aromatic rings. The number of anilines is 1. The van der Waals surface area contributed by atoms with E-state index in [2.05, 4.69) is 4.98 Å². The van der Waals surface area contributed by atoms with Crippen molar-refractivity contribution in [1.82, 2.24) is 4.98 Å². The molecule has 1 aromatic heterocycles. The van der Waals surface area contributed by atoms with E-state index in [1.165, 1.54) is 19.3 Å². The highest BCUT2D eigenvalue weighted by molar-refractivity contribution is 5.47. The Bertz CT molecular complexity index is 375. The van der Waals surface area contributed by atoms with Crippen LogP contribution in [0.4, 0.5) is 5.82 Å². The van der Waals surface area contributed by atoms with E-state index in [0.29, 0.717) is 11.7 Å². The molecule has 1 fully saturated rings. The van der Waals surface area contributed by atoms with Crippen molar-refractivity contribution in [2.75, 3.05) is 5.73 Å². The maximum Gasteiger partial charge on any atom is 0.129 e. The third kappa shape index (κ3) is 2.29. The lowest BCUT2D eigenvalue weighted by Gasteiger charge is -2.37. The molecule has 3 N–H and O–H groups in total.